The lowest BCUT2D eigenvalue weighted by Gasteiger charge is -2.05. The molecule has 1 rings (SSSR count). The summed E-state index contributed by atoms with van der Waals surface area (Å²) in [6.07, 6.45) is 6.44. The molecule has 0 heterocycles. The topological polar surface area (TPSA) is 63.3 Å². The van der Waals surface area contributed by atoms with E-state index in [4.69, 9.17) is 5.11 Å². The lowest BCUT2D eigenvalue weighted by Crippen LogP contribution is -2.06. The highest BCUT2D eigenvalue weighted by molar-refractivity contribution is 5.73. The molecule has 0 bridgehead atoms. The van der Waals surface area contributed by atoms with Crippen LogP contribution in [0.4, 0.5) is 0 Å². The number of primary amides is 1. The Balaban J connectivity index is -0.0000000506. The molecule has 0 aromatic rings. The van der Waals surface area contributed by atoms with Gasteiger partial charge in [-0.15, -0.1) is 0 Å². The molecule has 84 valence electrons. The van der Waals surface area contributed by atoms with Gasteiger partial charge in [0.15, 0.2) is 0 Å². The second-order valence-corrected chi connectivity index (χ2v) is 2.23. The third-order valence-electron chi connectivity index (χ3n) is 1.35. The molecule has 1 aliphatic rings. The van der Waals surface area contributed by atoms with E-state index in [1.165, 1.54) is 25.7 Å². The Kier molecular flexibility index (Phi) is 31.6. The predicted octanol–water partition coefficient (Wildman–Crippen LogP) is 2.32. The van der Waals surface area contributed by atoms with Crippen LogP contribution in [-0.2, 0) is 4.79 Å². The highest BCUT2D eigenvalue weighted by Crippen LogP contribution is 2.15. The van der Waals surface area contributed by atoms with Crippen LogP contribution in [0.2, 0.25) is 0 Å². The quantitative estimate of drug-likeness (QED) is 0.671. The summed E-state index contributed by atoms with van der Waals surface area (Å²) in [6.45, 7) is 5.72. The zero-order valence-corrected chi connectivity index (χ0v) is 9.47. The summed E-state index contributed by atoms with van der Waals surface area (Å²) in [7, 11) is 1.00. The summed E-state index contributed by atoms with van der Waals surface area (Å²) in [4.78, 5) is 9.59. The maximum Gasteiger partial charge on any atom is 0.217 e. The Morgan fingerprint density at radius 2 is 1.38 bits per heavy atom. The van der Waals surface area contributed by atoms with Gasteiger partial charge >= 0.3 is 0 Å². The highest BCUT2D eigenvalue weighted by atomic mass is 16.2. The van der Waals surface area contributed by atoms with Crippen LogP contribution < -0.4 is 5.73 Å². The summed E-state index contributed by atoms with van der Waals surface area (Å²) in [5.74, 6) is -0.245. The molecule has 0 aromatic carbocycles. The third-order valence-corrected chi connectivity index (χ3v) is 1.35. The van der Waals surface area contributed by atoms with Crippen LogP contribution in [0.1, 0.15) is 54.3 Å². The number of carbonyl (C=O) groups is 1. The van der Waals surface area contributed by atoms with E-state index in [-0.39, 0.29) is 7.33 Å². The van der Waals surface area contributed by atoms with Gasteiger partial charge < -0.3 is 10.8 Å². The standard InChI is InChI=1S/C4H8.C3H7NO.C2H6.CH4O.H2/c1-2-4-3-1;1-2-3(4)5;2*1-2;/h1-4H2;2H2,1H3,(H2,4,5);1-2H3;2H,1H3;1H. The van der Waals surface area contributed by atoms with Crippen molar-refractivity contribution in [2.24, 2.45) is 5.73 Å². The molecule has 0 aromatic heterocycles. The Morgan fingerprint density at radius 1 is 1.23 bits per heavy atom. The molecule has 1 fully saturated rings. The Bertz CT molecular complexity index is 82.2. The van der Waals surface area contributed by atoms with E-state index in [1.807, 2.05) is 13.8 Å². The van der Waals surface area contributed by atoms with Crippen LogP contribution in [0.3, 0.4) is 0 Å². The first-order chi connectivity index (χ1) is 6.27. The van der Waals surface area contributed by atoms with Gasteiger partial charge in [-0.25, -0.2) is 0 Å². The maximum atomic E-state index is 9.59. The number of rotatable bonds is 1. The summed E-state index contributed by atoms with van der Waals surface area (Å²) in [5.41, 5.74) is 4.65. The van der Waals surface area contributed by atoms with Crippen LogP contribution in [-0.4, -0.2) is 18.1 Å². The van der Waals surface area contributed by atoms with Gasteiger partial charge in [0.05, 0.1) is 0 Å². The Hall–Kier alpha value is -0.570. The number of hydrogen-bond donors (Lipinski definition) is 2. The average molecular weight is 193 g/mol. The van der Waals surface area contributed by atoms with Crippen molar-refractivity contribution >= 4 is 5.91 Å². The first-order valence-electron chi connectivity index (χ1n) is 5.00. The molecule has 0 saturated heterocycles. The van der Waals surface area contributed by atoms with Crippen LogP contribution in [0.5, 0.6) is 0 Å². The Labute approximate surface area is 83.8 Å². The van der Waals surface area contributed by atoms with Crippen molar-refractivity contribution in [1.29, 1.82) is 0 Å². The molecule has 1 saturated carbocycles. The van der Waals surface area contributed by atoms with E-state index in [0.29, 0.717) is 6.42 Å². The van der Waals surface area contributed by atoms with Gasteiger partial charge in [-0.05, 0) is 0 Å². The van der Waals surface area contributed by atoms with Crippen molar-refractivity contribution in [2.45, 2.75) is 52.9 Å². The lowest BCUT2D eigenvalue weighted by atomic mass is 10.0. The average Bonchev–Trinajstić information content (AvgIpc) is 2.09. The zero-order chi connectivity index (χ0) is 11.1. The SMILES string of the molecule is C1CCC1.CC.CCC(N)=O.CO.[HH]. The van der Waals surface area contributed by atoms with E-state index in [2.05, 4.69) is 5.73 Å². The largest absolute Gasteiger partial charge is 0.400 e. The molecule has 0 atom stereocenters. The van der Waals surface area contributed by atoms with Crippen molar-refractivity contribution in [2.75, 3.05) is 7.11 Å². The molecule has 0 aliphatic heterocycles. The molecule has 13 heavy (non-hydrogen) atoms. The van der Waals surface area contributed by atoms with E-state index in [1.54, 1.807) is 6.92 Å². The second kappa shape index (κ2) is 22.5. The first-order valence-corrected chi connectivity index (χ1v) is 5.00. The Morgan fingerprint density at radius 3 is 1.38 bits per heavy atom. The number of aliphatic hydroxyl groups excluding tert-OH is 1. The fourth-order valence-electron chi connectivity index (χ4n) is 0.250. The molecule has 1 amide bonds. The lowest BCUT2D eigenvalue weighted by molar-refractivity contribution is -0.117. The van der Waals surface area contributed by atoms with Crippen molar-refractivity contribution in [1.82, 2.24) is 0 Å². The van der Waals surface area contributed by atoms with Crippen LogP contribution in [0, 0.1) is 0 Å². The summed E-state index contributed by atoms with van der Waals surface area (Å²) in [5, 5.41) is 7.00. The monoisotopic (exact) mass is 193 g/mol. The summed E-state index contributed by atoms with van der Waals surface area (Å²) in [6, 6.07) is 0. The number of amides is 1. The van der Waals surface area contributed by atoms with Gasteiger partial charge in [0.2, 0.25) is 5.91 Å². The van der Waals surface area contributed by atoms with Crippen molar-refractivity contribution in [3.8, 4) is 0 Å². The van der Waals surface area contributed by atoms with Crippen molar-refractivity contribution in [3.63, 3.8) is 0 Å². The minimum absolute atomic E-state index is 0. The molecular formula is C10H27NO2. The molecule has 3 N–H and O–H groups in total. The van der Waals surface area contributed by atoms with Crippen LogP contribution >= 0.6 is 0 Å². The van der Waals surface area contributed by atoms with Crippen LogP contribution in [0.15, 0.2) is 0 Å². The number of nitrogens with two attached hydrogens (primary N) is 1. The normalized spacial score (nSPS) is 11.2. The van der Waals surface area contributed by atoms with Gasteiger partial charge in [-0.2, -0.15) is 0 Å². The highest BCUT2D eigenvalue weighted by Gasteiger charge is 1.95. The number of aliphatic hydroxyl groups is 1. The van der Waals surface area contributed by atoms with E-state index < -0.39 is 0 Å². The van der Waals surface area contributed by atoms with Gasteiger partial charge in [0.1, 0.15) is 0 Å². The molecule has 0 radical (unpaired) electrons. The first kappa shape index (κ1) is 18.3. The van der Waals surface area contributed by atoms with E-state index >= 15 is 0 Å². The molecule has 0 unspecified atom stereocenters. The van der Waals surface area contributed by atoms with E-state index in [0.717, 1.165) is 7.11 Å². The zero-order valence-electron chi connectivity index (χ0n) is 9.47. The van der Waals surface area contributed by atoms with E-state index in [9.17, 15) is 4.79 Å². The smallest absolute Gasteiger partial charge is 0.217 e. The maximum absolute atomic E-state index is 9.59. The fourth-order valence-corrected chi connectivity index (χ4v) is 0.250. The predicted molar refractivity (Wildman–Crippen MR) is 59.6 cm³/mol. The van der Waals surface area contributed by atoms with Gasteiger partial charge in [-0.1, -0.05) is 46.5 Å². The number of hydrogen-bond acceptors (Lipinski definition) is 2. The van der Waals surface area contributed by atoms with Crippen molar-refractivity contribution in [3.05, 3.63) is 0 Å². The molecule has 1 aliphatic carbocycles. The van der Waals surface area contributed by atoms with Gasteiger partial charge in [0, 0.05) is 15.0 Å². The molecule has 3 heteroatoms. The number of carbonyl (C=O) groups excluding carboxylic acids is 1. The third kappa shape index (κ3) is 34.5. The molecule has 3 nitrogen and oxygen atoms in total. The summed E-state index contributed by atoms with van der Waals surface area (Å²) >= 11 is 0. The molecule has 0 spiro atoms. The van der Waals surface area contributed by atoms with Crippen molar-refractivity contribution < 1.29 is 11.3 Å². The van der Waals surface area contributed by atoms with Gasteiger partial charge in [-0.3, -0.25) is 4.79 Å². The molecular weight excluding hydrogens is 166 g/mol. The minimum atomic E-state index is -0.245. The fraction of sp³-hybridized carbons (Fsp3) is 0.900. The minimum Gasteiger partial charge on any atom is -0.400 e. The second-order valence-electron chi connectivity index (χ2n) is 2.23. The van der Waals surface area contributed by atoms with Gasteiger partial charge in [0.25, 0.3) is 0 Å². The van der Waals surface area contributed by atoms with Crippen LogP contribution in [0.25, 0.3) is 0 Å². The summed E-state index contributed by atoms with van der Waals surface area (Å²) < 4.78 is 0.